The maximum Gasteiger partial charge on any atom is 0.492 e. The van der Waals surface area contributed by atoms with Crippen LogP contribution < -0.4 is 16.2 Å². The van der Waals surface area contributed by atoms with E-state index in [-0.39, 0.29) is 17.4 Å². The van der Waals surface area contributed by atoms with Crippen LogP contribution in [0.15, 0.2) is 45.6 Å². The van der Waals surface area contributed by atoms with Crippen molar-refractivity contribution in [1.82, 2.24) is 4.98 Å². The van der Waals surface area contributed by atoms with Gasteiger partial charge in [0.25, 0.3) is 0 Å². The van der Waals surface area contributed by atoms with Crippen molar-refractivity contribution in [3.8, 4) is 11.3 Å². The van der Waals surface area contributed by atoms with Crippen molar-refractivity contribution < 1.29 is 14.1 Å². The molecule has 2 N–H and O–H groups in total. The Morgan fingerprint density at radius 1 is 1.11 bits per heavy atom. The monoisotopic (exact) mass is 516 g/mol. The standard InChI is InChI=1S/C29H30BClN2O4/c1-14(2)28-17(5)27(34)22-10-15(3)9-21(29(22)37-28)18(6)32-23-7-8-24(31)33-26(23)19-11-16(4)25-20(12-19)13-36-30(25)35/h7-12,14,18,32,35H,13H2,1-6H3. The van der Waals surface area contributed by atoms with Crippen LogP contribution in [0.3, 0.4) is 0 Å². The summed E-state index contributed by atoms with van der Waals surface area (Å²) >= 11 is 6.33. The van der Waals surface area contributed by atoms with Gasteiger partial charge in [-0.05, 0) is 68.6 Å². The Morgan fingerprint density at radius 3 is 2.59 bits per heavy atom. The lowest BCUT2D eigenvalue weighted by Crippen LogP contribution is -2.30. The van der Waals surface area contributed by atoms with Gasteiger partial charge in [0.05, 0.1) is 29.4 Å². The third kappa shape index (κ3) is 4.56. The molecule has 4 aromatic rings. The molecule has 0 spiro atoms. The lowest BCUT2D eigenvalue weighted by molar-refractivity contribution is 0.275. The third-order valence-electron chi connectivity index (χ3n) is 7.04. The zero-order chi connectivity index (χ0) is 26.6. The van der Waals surface area contributed by atoms with Crippen LogP contribution in [0, 0.1) is 20.8 Å². The predicted molar refractivity (Wildman–Crippen MR) is 150 cm³/mol. The molecule has 1 unspecified atom stereocenters. The summed E-state index contributed by atoms with van der Waals surface area (Å²) < 4.78 is 11.8. The first-order valence-electron chi connectivity index (χ1n) is 12.5. The molecule has 8 heteroatoms. The summed E-state index contributed by atoms with van der Waals surface area (Å²) in [6.45, 7) is 12.2. The molecule has 37 heavy (non-hydrogen) atoms. The second-order valence-electron chi connectivity index (χ2n) is 10.2. The van der Waals surface area contributed by atoms with E-state index < -0.39 is 7.12 Å². The van der Waals surface area contributed by atoms with Crippen molar-refractivity contribution in [2.24, 2.45) is 0 Å². The Bertz CT molecular complexity index is 1600. The average Bonchev–Trinajstić information content (AvgIpc) is 3.23. The SMILES string of the molecule is Cc1cc(C(C)Nc2ccc(Cl)nc2-c2cc(C)c3c(c2)COB3O)c2oc(C(C)C)c(C)c(=O)c2c1. The number of anilines is 1. The summed E-state index contributed by atoms with van der Waals surface area (Å²) in [6, 6.07) is 11.4. The molecule has 2 aromatic heterocycles. The van der Waals surface area contributed by atoms with E-state index in [1.807, 2.05) is 65.8 Å². The molecule has 0 saturated heterocycles. The number of hydrogen-bond donors (Lipinski definition) is 2. The lowest BCUT2D eigenvalue weighted by atomic mass is 9.76. The van der Waals surface area contributed by atoms with Gasteiger partial charge in [0.2, 0.25) is 0 Å². The van der Waals surface area contributed by atoms with Crippen molar-refractivity contribution >= 4 is 40.8 Å². The predicted octanol–water partition coefficient (Wildman–Crippen LogP) is 5.95. The molecular weight excluding hydrogens is 487 g/mol. The summed E-state index contributed by atoms with van der Waals surface area (Å²) in [5.41, 5.74) is 8.21. The van der Waals surface area contributed by atoms with Gasteiger partial charge in [0.15, 0.2) is 5.43 Å². The molecule has 0 fully saturated rings. The molecule has 0 aliphatic carbocycles. The second-order valence-corrected chi connectivity index (χ2v) is 10.6. The minimum absolute atomic E-state index is 0.00831. The highest BCUT2D eigenvalue weighted by Crippen LogP contribution is 2.35. The van der Waals surface area contributed by atoms with E-state index in [0.717, 1.165) is 39.0 Å². The van der Waals surface area contributed by atoms with E-state index >= 15 is 0 Å². The van der Waals surface area contributed by atoms with Crippen LogP contribution in [-0.4, -0.2) is 17.1 Å². The summed E-state index contributed by atoms with van der Waals surface area (Å²) in [5.74, 6) is 0.800. The number of aryl methyl sites for hydroxylation is 2. The van der Waals surface area contributed by atoms with Gasteiger partial charge < -0.3 is 19.4 Å². The molecule has 1 aliphatic heterocycles. The highest BCUT2D eigenvalue weighted by Gasteiger charge is 2.30. The fourth-order valence-electron chi connectivity index (χ4n) is 5.27. The first-order chi connectivity index (χ1) is 17.5. The van der Waals surface area contributed by atoms with E-state index in [1.54, 1.807) is 6.07 Å². The van der Waals surface area contributed by atoms with Crippen LogP contribution in [0.5, 0.6) is 0 Å². The number of nitrogens with one attached hydrogen (secondary N) is 1. The Kier molecular flexibility index (Phi) is 6.65. The minimum Gasteiger partial charge on any atom is -0.460 e. The molecule has 0 saturated carbocycles. The van der Waals surface area contributed by atoms with Crippen LogP contribution in [0.1, 0.15) is 66.3 Å². The second kappa shape index (κ2) is 9.64. The molecule has 3 heterocycles. The zero-order valence-corrected chi connectivity index (χ0v) is 22.7. The topological polar surface area (TPSA) is 84.6 Å². The molecule has 190 valence electrons. The highest BCUT2D eigenvalue weighted by atomic mass is 35.5. The van der Waals surface area contributed by atoms with Gasteiger partial charge in [0, 0.05) is 22.6 Å². The maximum atomic E-state index is 13.2. The van der Waals surface area contributed by atoms with Gasteiger partial charge in [-0.1, -0.05) is 43.1 Å². The van der Waals surface area contributed by atoms with Crippen molar-refractivity contribution in [1.29, 1.82) is 0 Å². The smallest absolute Gasteiger partial charge is 0.460 e. The molecule has 2 aromatic carbocycles. The third-order valence-corrected chi connectivity index (χ3v) is 7.25. The Hall–Kier alpha value is -3.13. The summed E-state index contributed by atoms with van der Waals surface area (Å²) in [5, 5.41) is 14.7. The molecule has 1 atom stereocenters. The Labute approximate surface area is 221 Å². The molecule has 5 rings (SSSR count). The van der Waals surface area contributed by atoms with E-state index in [0.29, 0.717) is 39.7 Å². The molecule has 1 aliphatic rings. The van der Waals surface area contributed by atoms with Crippen molar-refractivity contribution in [2.75, 3.05) is 5.32 Å². The zero-order valence-electron chi connectivity index (χ0n) is 21.9. The van der Waals surface area contributed by atoms with Gasteiger partial charge in [-0.2, -0.15) is 0 Å². The number of hydrogen-bond acceptors (Lipinski definition) is 6. The number of pyridine rings is 1. The van der Waals surface area contributed by atoms with Crippen LogP contribution in [-0.2, 0) is 11.3 Å². The Balaban J connectivity index is 1.61. The van der Waals surface area contributed by atoms with Gasteiger partial charge in [-0.15, -0.1) is 0 Å². The fourth-order valence-corrected chi connectivity index (χ4v) is 5.42. The van der Waals surface area contributed by atoms with Crippen molar-refractivity contribution in [3.63, 3.8) is 0 Å². The number of fused-ring (bicyclic) bond motifs is 2. The van der Waals surface area contributed by atoms with E-state index in [2.05, 4.69) is 16.4 Å². The average molecular weight is 517 g/mol. The van der Waals surface area contributed by atoms with Crippen LogP contribution >= 0.6 is 11.6 Å². The van der Waals surface area contributed by atoms with Crippen LogP contribution in [0.25, 0.3) is 22.2 Å². The van der Waals surface area contributed by atoms with E-state index in [4.69, 9.17) is 20.7 Å². The number of aromatic nitrogens is 1. The summed E-state index contributed by atoms with van der Waals surface area (Å²) in [4.78, 5) is 17.9. The largest absolute Gasteiger partial charge is 0.492 e. The van der Waals surface area contributed by atoms with E-state index in [1.165, 1.54) is 0 Å². The number of nitrogens with zero attached hydrogens (tertiary/aromatic N) is 1. The molecular formula is C29H30BClN2O4. The first kappa shape index (κ1) is 25.5. The maximum absolute atomic E-state index is 13.2. The fraction of sp³-hybridized carbons (Fsp3) is 0.310. The number of rotatable bonds is 5. The lowest BCUT2D eigenvalue weighted by Gasteiger charge is -2.21. The van der Waals surface area contributed by atoms with Crippen LogP contribution in [0.4, 0.5) is 5.69 Å². The van der Waals surface area contributed by atoms with Gasteiger partial charge in [0.1, 0.15) is 16.5 Å². The van der Waals surface area contributed by atoms with Crippen molar-refractivity contribution in [2.45, 2.75) is 60.1 Å². The highest BCUT2D eigenvalue weighted by molar-refractivity contribution is 6.62. The molecule has 6 nitrogen and oxygen atoms in total. The first-order valence-corrected chi connectivity index (χ1v) is 12.9. The molecule has 0 radical (unpaired) electrons. The minimum atomic E-state index is -0.905. The van der Waals surface area contributed by atoms with Crippen molar-refractivity contribution in [3.05, 3.63) is 85.4 Å². The molecule has 0 bridgehead atoms. The van der Waals surface area contributed by atoms with Crippen LogP contribution in [0.2, 0.25) is 5.15 Å². The van der Waals surface area contributed by atoms with E-state index in [9.17, 15) is 9.82 Å². The normalized spacial score (nSPS) is 13.9. The Morgan fingerprint density at radius 2 is 1.86 bits per heavy atom. The number of benzene rings is 2. The number of halogens is 1. The summed E-state index contributed by atoms with van der Waals surface area (Å²) in [7, 11) is -0.905. The van der Waals surface area contributed by atoms with Gasteiger partial charge in [-0.3, -0.25) is 4.79 Å². The quantitative estimate of drug-likeness (QED) is 0.252. The summed E-state index contributed by atoms with van der Waals surface area (Å²) in [6.07, 6.45) is 0. The molecule has 0 amide bonds. The van der Waals surface area contributed by atoms with Gasteiger partial charge >= 0.3 is 7.12 Å². The van der Waals surface area contributed by atoms with Gasteiger partial charge in [-0.25, -0.2) is 4.98 Å².